The van der Waals surface area contributed by atoms with E-state index in [2.05, 4.69) is 19.1 Å². The predicted molar refractivity (Wildman–Crippen MR) is 95.9 cm³/mol. The zero-order valence-corrected chi connectivity index (χ0v) is 15.1. The number of sulfone groups is 1. The van der Waals surface area contributed by atoms with Gasteiger partial charge in [-0.05, 0) is 55.6 Å². The average Bonchev–Trinajstić information content (AvgIpc) is 2.54. The third-order valence-electron chi connectivity index (χ3n) is 4.90. The molecule has 1 heterocycles. The Hall–Kier alpha value is -1.29. The van der Waals surface area contributed by atoms with Crippen molar-refractivity contribution in [1.82, 2.24) is 0 Å². The first kappa shape index (κ1) is 18.1. The minimum absolute atomic E-state index is 0.0291. The molecule has 0 spiro atoms. The second-order valence-electron chi connectivity index (χ2n) is 6.69. The summed E-state index contributed by atoms with van der Waals surface area (Å²) in [6, 6.07) is 10.2. The highest BCUT2D eigenvalue weighted by Gasteiger charge is 2.36. The van der Waals surface area contributed by atoms with E-state index in [-0.39, 0.29) is 5.41 Å². The quantitative estimate of drug-likeness (QED) is 0.546. The molecule has 3 nitrogen and oxygen atoms in total. The van der Waals surface area contributed by atoms with Crippen LogP contribution in [0.15, 0.2) is 36.6 Å². The van der Waals surface area contributed by atoms with Crippen molar-refractivity contribution in [3.8, 4) is 0 Å². The van der Waals surface area contributed by atoms with Gasteiger partial charge >= 0.3 is 0 Å². The monoisotopic (exact) mass is 336 g/mol. The normalized spacial score (nSPS) is 24.3. The van der Waals surface area contributed by atoms with Crippen LogP contribution < -0.4 is 0 Å². The van der Waals surface area contributed by atoms with Crippen molar-refractivity contribution in [2.75, 3.05) is 18.1 Å². The second kappa shape index (κ2) is 8.00. The number of benzene rings is 1. The smallest absolute Gasteiger partial charge is 0.150 e. The molecule has 1 atom stereocenters. The average molecular weight is 336 g/mol. The summed E-state index contributed by atoms with van der Waals surface area (Å²) in [7, 11) is -2.85. The lowest BCUT2D eigenvalue weighted by atomic mass is 9.78. The Morgan fingerprint density at radius 1 is 1.30 bits per heavy atom. The lowest BCUT2D eigenvalue weighted by molar-refractivity contribution is 0.192. The highest BCUT2D eigenvalue weighted by atomic mass is 32.2. The van der Waals surface area contributed by atoms with Crippen LogP contribution in [-0.2, 0) is 14.6 Å². The van der Waals surface area contributed by atoms with Gasteiger partial charge in [0.05, 0.1) is 24.4 Å². The maximum absolute atomic E-state index is 11.9. The first-order valence-electron chi connectivity index (χ1n) is 8.51. The first-order chi connectivity index (χ1) is 11.0. The Bertz CT molecular complexity index is 619. The molecule has 23 heavy (non-hydrogen) atoms. The summed E-state index contributed by atoms with van der Waals surface area (Å²) in [5.74, 6) is 0.722. The van der Waals surface area contributed by atoms with E-state index in [9.17, 15) is 8.42 Å². The molecular formula is C19H28O3S. The number of rotatable bonds is 7. The van der Waals surface area contributed by atoms with Crippen molar-refractivity contribution < 1.29 is 13.2 Å². The van der Waals surface area contributed by atoms with Gasteiger partial charge in [0.15, 0.2) is 9.84 Å². The molecule has 128 valence electrons. The molecule has 0 aromatic heterocycles. The Kier molecular flexibility index (Phi) is 6.28. The number of hydrogen-bond donors (Lipinski definition) is 0. The molecule has 0 bridgehead atoms. The largest absolute Gasteiger partial charge is 0.501 e. The van der Waals surface area contributed by atoms with Gasteiger partial charge in [-0.3, -0.25) is 0 Å². The van der Waals surface area contributed by atoms with Crippen LogP contribution in [0.1, 0.15) is 51.5 Å². The topological polar surface area (TPSA) is 43.4 Å². The summed E-state index contributed by atoms with van der Waals surface area (Å²) in [5, 5.41) is 0. The van der Waals surface area contributed by atoms with Crippen LogP contribution in [0.3, 0.4) is 0 Å². The standard InChI is InChI=1S/C19H28O3S/c1-3-19(12-8-14-23(20,21)16-19)11-7-13-22-15-17(2)18-9-5-4-6-10-18/h4-6,9-10,15H,3,7-8,11-14,16H2,1-2H3/b17-15-. The third-order valence-corrected chi connectivity index (χ3v) is 6.86. The summed E-state index contributed by atoms with van der Waals surface area (Å²) < 4.78 is 29.5. The molecule has 1 saturated heterocycles. The molecule has 1 aromatic rings. The summed E-state index contributed by atoms with van der Waals surface area (Å²) in [6.07, 6.45) is 6.42. The van der Waals surface area contributed by atoms with Crippen LogP contribution >= 0.6 is 0 Å². The van der Waals surface area contributed by atoms with E-state index in [0.717, 1.165) is 43.2 Å². The zero-order chi connectivity index (χ0) is 16.8. The maximum atomic E-state index is 11.9. The molecule has 1 aromatic carbocycles. The van der Waals surface area contributed by atoms with Gasteiger partial charge in [-0.15, -0.1) is 0 Å². The van der Waals surface area contributed by atoms with E-state index in [1.165, 1.54) is 0 Å². The molecule has 2 rings (SSSR count). The van der Waals surface area contributed by atoms with Crippen LogP contribution in [0.2, 0.25) is 0 Å². The van der Waals surface area contributed by atoms with Crippen molar-refractivity contribution in [3.05, 3.63) is 42.2 Å². The number of allylic oxidation sites excluding steroid dienone is 1. The van der Waals surface area contributed by atoms with E-state index >= 15 is 0 Å². The molecule has 0 radical (unpaired) electrons. The lowest BCUT2D eigenvalue weighted by Gasteiger charge is -2.36. The Morgan fingerprint density at radius 3 is 2.70 bits per heavy atom. The second-order valence-corrected chi connectivity index (χ2v) is 8.87. The van der Waals surface area contributed by atoms with Gasteiger partial charge in [-0.25, -0.2) is 8.42 Å². The number of hydrogen-bond acceptors (Lipinski definition) is 3. The molecule has 0 amide bonds. The van der Waals surface area contributed by atoms with Crippen LogP contribution in [0.25, 0.3) is 5.57 Å². The highest BCUT2D eigenvalue weighted by molar-refractivity contribution is 7.91. The van der Waals surface area contributed by atoms with Gasteiger partial charge in [0.2, 0.25) is 0 Å². The fraction of sp³-hybridized carbons (Fsp3) is 0.579. The summed E-state index contributed by atoms with van der Waals surface area (Å²) in [4.78, 5) is 0. The van der Waals surface area contributed by atoms with Crippen LogP contribution in [0.4, 0.5) is 0 Å². The van der Waals surface area contributed by atoms with E-state index < -0.39 is 9.84 Å². The molecule has 1 unspecified atom stereocenters. The summed E-state index contributed by atoms with van der Waals surface area (Å²) in [6.45, 7) is 4.80. The van der Waals surface area contributed by atoms with Gasteiger partial charge in [-0.1, -0.05) is 37.3 Å². The molecule has 1 fully saturated rings. The maximum Gasteiger partial charge on any atom is 0.150 e. The van der Waals surface area contributed by atoms with Gasteiger partial charge in [0.25, 0.3) is 0 Å². The Labute approximate surface area is 140 Å². The van der Waals surface area contributed by atoms with Crippen LogP contribution in [0, 0.1) is 5.41 Å². The Balaban J connectivity index is 1.80. The Morgan fingerprint density at radius 2 is 2.04 bits per heavy atom. The fourth-order valence-electron chi connectivity index (χ4n) is 3.41. The molecule has 1 aliphatic heterocycles. The third kappa shape index (κ3) is 5.38. The molecule has 4 heteroatoms. The van der Waals surface area contributed by atoms with Crippen molar-refractivity contribution >= 4 is 15.4 Å². The molecule has 1 aliphatic rings. The molecular weight excluding hydrogens is 308 g/mol. The molecule has 0 N–H and O–H groups in total. The summed E-state index contributed by atoms with van der Waals surface area (Å²) >= 11 is 0. The van der Waals surface area contributed by atoms with Crippen molar-refractivity contribution in [2.45, 2.75) is 46.0 Å². The van der Waals surface area contributed by atoms with E-state index in [4.69, 9.17) is 4.74 Å². The predicted octanol–water partition coefficient (Wildman–Crippen LogP) is 4.45. The number of ether oxygens (including phenoxy) is 1. The SMILES string of the molecule is CCC1(CCCO/C=C(/C)c2ccccc2)CCCS(=O)(=O)C1. The van der Waals surface area contributed by atoms with Crippen molar-refractivity contribution in [2.24, 2.45) is 5.41 Å². The fourth-order valence-corrected chi connectivity index (χ4v) is 5.57. The van der Waals surface area contributed by atoms with Gasteiger partial charge in [-0.2, -0.15) is 0 Å². The first-order valence-corrected chi connectivity index (χ1v) is 10.3. The van der Waals surface area contributed by atoms with E-state index in [0.29, 0.717) is 18.1 Å². The van der Waals surface area contributed by atoms with Gasteiger partial charge in [0, 0.05) is 0 Å². The van der Waals surface area contributed by atoms with Crippen molar-refractivity contribution in [1.29, 1.82) is 0 Å². The summed E-state index contributed by atoms with van der Waals surface area (Å²) in [5.41, 5.74) is 2.24. The van der Waals surface area contributed by atoms with Crippen molar-refractivity contribution in [3.63, 3.8) is 0 Å². The van der Waals surface area contributed by atoms with E-state index in [1.54, 1.807) is 0 Å². The van der Waals surface area contributed by atoms with E-state index in [1.807, 2.05) is 31.4 Å². The van der Waals surface area contributed by atoms with Gasteiger partial charge < -0.3 is 4.74 Å². The minimum atomic E-state index is -2.85. The molecule has 0 saturated carbocycles. The molecule has 0 aliphatic carbocycles. The highest BCUT2D eigenvalue weighted by Crippen LogP contribution is 2.38. The lowest BCUT2D eigenvalue weighted by Crippen LogP contribution is -2.36. The van der Waals surface area contributed by atoms with Crippen LogP contribution in [-0.4, -0.2) is 26.5 Å². The van der Waals surface area contributed by atoms with Crippen LogP contribution in [0.5, 0.6) is 0 Å². The zero-order valence-electron chi connectivity index (χ0n) is 14.3. The van der Waals surface area contributed by atoms with Gasteiger partial charge in [0.1, 0.15) is 0 Å². The minimum Gasteiger partial charge on any atom is -0.501 e.